The van der Waals surface area contributed by atoms with Gasteiger partial charge in [-0.15, -0.1) is 0 Å². The summed E-state index contributed by atoms with van der Waals surface area (Å²) in [6.45, 7) is 10.9. The number of rotatable bonds is 21. The van der Waals surface area contributed by atoms with Crippen LogP contribution in [0.3, 0.4) is 0 Å². The van der Waals surface area contributed by atoms with Crippen LogP contribution < -0.4 is 28.9 Å². The Balaban J connectivity index is 0.00000612. The highest BCUT2D eigenvalue weighted by Gasteiger charge is 2.45. The van der Waals surface area contributed by atoms with Crippen molar-refractivity contribution in [3.05, 3.63) is 29.8 Å². The van der Waals surface area contributed by atoms with E-state index in [4.69, 9.17) is 0 Å². The summed E-state index contributed by atoms with van der Waals surface area (Å²) >= 11 is 0. The fourth-order valence-corrected chi connectivity index (χ4v) is 6.15. The molecule has 0 saturated heterocycles. The average molecular weight is 598 g/mol. The molecule has 2 unspecified atom stereocenters. The van der Waals surface area contributed by atoms with Crippen LogP contribution in [0.25, 0.3) is 0 Å². The number of unbranched alkanes of at least 4 members (excludes halogenated alkanes) is 19. The molecule has 0 saturated carbocycles. The molecule has 0 spiro atoms. The summed E-state index contributed by atoms with van der Waals surface area (Å²) in [6, 6.07) is 9.85. The highest BCUT2D eigenvalue weighted by Crippen LogP contribution is 2.35. The third kappa shape index (κ3) is 12.3. The fourth-order valence-electron chi connectivity index (χ4n) is 6.15. The van der Waals surface area contributed by atoms with Crippen molar-refractivity contribution in [1.29, 1.82) is 0 Å². The number of quaternary nitrogens is 1. The molecule has 2 rings (SSSR count). The molecule has 0 fully saturated rings. The quantitative estimate of drug-likeness (QED) is 0.119. The molecule has 0 aromatic heterocycles. The maximum Gasteiger partial charge on any atom is 0.135 e. The van der Waals surface area contributed by atoms with Crippen LogP contribution in [0, 0.1) is 0 Å². The van der Waals surface area contributed by atoms with Crippen molar-refractivity contribution in [1.82, 2.24) is 0 Å². The van der Waals surface area contributed by atoms with Crippen LogP contribution in [0.2, 0.25) is 0 Å². The van der Waals surface area contributed by atoms with Gasteiger partial charge >= 0.3 is 0 Å². The van der Waals surface area contributed by atoms with Gasteiger partial charge in [0, 0.05) is 11.0 Å². The summed E-state index contributed by atoms with van der Waals surface area (Å²) in [6.07, 6.45) is 29.1. The summed E-state index contributed by atoms with van der Waals surface area (Å²) < 4.78 is 0. The summed E-state index contributed by atoms with van der Waals surface area (Å²) in [7, 11) is 0. The number of hydrogen-bond donors (Lipinski definition) is 1. The van der Waals surface area contributed by atoms with E-state index in [1.54, 1.807) is 16.2 Å². The second kappa shape index (κ2) is 19.9. The van der Waals surface area contributed by atoms with Gasteiger partial charge in [-0.05, 0) is 39.7 Å². The minimum Gasteiger partial charge on any atom is -1.00 e. The van der Waals surface area contributed by atoms with Gasteiger partial charge < -0.3 is 24.0 Å². The molecular formula is C33H60IN. The van der Waals surface area contributed by atoms with Gasteiger partial charge in [0.2, 0.25) is 0 Å². The molecule has 0 amide bonds. The number of para-hydroxylation sites is 1. The fraction of sp³-hybridized carbons (Fsp3) is 0.818. The van der Waals surface area contributed by atoms with Gasteiger partial charge in [-0.3, -0.25) is 4.90 Å². The lowest BCUT2D eigenvalue weighted by Gasteiger charge is -2.26. The van der Waals surface area contributed by atoms with Crippen molar-refractivity contribution in [2.75, 3.05) is 6.54 Å². The first-order chi connectivity index (χ1) is 16.6. The van der Waals surface area contributed by atoms with E-state index >= 15 is 0 Å². The molecule has 0 radical (unpaired) electrons. The van der Waals surface area contributed by atoms with Gasteiger partial charge in [0.25, 0.3) is 0 Å². The minimum absolute atomic E-state index is 0. The largest absolute Gasteiger partial charge is 1.00 e. The van der Waals surface area contributed by atoms with E-state index in [2.05, 4.69) is 52.0 Å². The molecule has 1 heterocycles. The monoisotopic (exact) mass is 597 g/mol. The highest BCUT2D eigenvalue weighted by atomic mass is 127. The molecule has 1 aromatic carbocycles. The topological polar surface area (TPSA) is 4.44 Å². The van der Waals surface area contributed by atoms with Gasteiger partial charge in [0.05, 0.1) is 12.6 Å². The van der Waals surface area contributed by atoms with Gasteiger partial charge in [-0.25, -0.2) is 0 Å². The molecule has 1 aliphatic heterocycles. The van der Waals surface area contributed by atoms with E-state index in [9.17, 15) is 0 Å². The zero-order valence-corrected chi connectivity index (χ0v) is 26.3. The Bertz CT molecular complexity index is 625. The molecule has 1 aliphatic rings. The Hall–Kier alpha value is -0.0900. The molecule has 2 heteroatoms. The first-order valence-electron chi connectivity index (χ1n) is 15.5. The normalized spacial score (nSPS) is 18.4. The van der Waals surface area contributed by atoms with Crippen molar-refractivity contribution in [3.63, 3.8) is 0 Å². The van der Waals surface area contributed by atoms with Gasteiger partial charge in [0.15, 0.2) is 0 Å². The summed E-state index contributed by atoms with van der Waals surface area (Å²) in [4.78, 5) is 1.73. The van der Waals surface area contributed by atoms with E-state index in [1.807, 2.05) is 0 Å². The molecule has 204 valence electrons. The first kappa shape index (κ1) is 32.9. The second-order valence-corrected chi connectivity index (χ2v) is 12.0. The Morgan fingerprint density at radius 1 is 0.600 bits per heavy atom. The van der Waals surface area contributed by atoms with Crippen LogP contribution in [0.1, 0.15) is 162 Å². The smallest absolute Gasteiger partial charge is 0.135 e. The lowest BCUT2D eigenvalue weighted by Crippen LogP contribution is -3.10. The zero-order valence-electron chi connectivity index (χ0n) is 24.1. The van der Waals surface area contributed by atoms with E-state index in [-0.39, 0.29) is 24.0 Å². The van der Waals surface area contributed by atoms with Crippen LogP contribution in [-0.2, 0) is 5.41 Å². The predicted octanol–water partition coefficient (Wildman–Crippen LogP) is 6.71. The summed E-state index contributed by atoms with van der Waals surface area (Å²) in [5, 5.41) is 0. The van der Waals surface area contributed by atoms with Crippen LogP contribution in [-0.4, -0.2) is 12.6 Å². The van der Waals surface area contributed by atoms with Crippen LogP contribution in [0.15, 0.2) is 24.3 Å². The van der Waals surface area contributed by atoms with E-state index < -0.39 is 0 Å². The van der Waals surface area contributed by atoms with E-state index in [0.29, 0.717) is 11.5 Å². The number of fused-ring (bicyclic) bond motifs is 1. The van der Waals surface area contributed by atoms with Crippen molar-refractivity contribution in [3.8, 4) is 0 Å². The predicted molar refractivity (Wildman–Crippen MR) is 152 cm³/mol. The standard InChI is InChI=1S/C33H59N.HI/c1-5-6-7-8-9-10-11-12-13-14-15-16-17-18-19-20-21-22-23-26-29-34-30(2)33(3,4)31-27-24-25-28-32(31)34;/h24-25,27-28,30H,5-23,26,29H2,1-4H3;1H. The van der Waals surface area contributed by atoms with E-state index in [1.165, 1.54) is 135 Å². The lowest BCUT2D eigenvalue weighted by atomic mass is 9.81. The second-order valence-electron chi connectivity index (χ2n) is 12.0. The van der Waals surface area contributed by atoms with Gasteiger partial charge in [0.1, 0.15) is 5.69 Å². The third-order valence-corrected chi connectivity index (χ3v) is 8.87. The molecule has 1 nitrogen and oxygen atoms in total. The average Bonchev–Trinajstić information content (AvgIpc) is 3.03. The molecular weight excluding hydrogens is 537 g/mol. The number of nitrogens with one attached hydrogen (secondary N) is 1. The molecule has 1 aromatic rings. The zero-order chi connectivity index (χ0) is 24.5. The van der Waals surface area contributed by atoms with Crippen LogP contribution in [0.5, 0.6) is 0 Å². The Morgan fingerprint density at radius 3 is 1.40 bits per heavy atom. The Kier molecular flexibility index (Phi) is 18.8. The number of hydrogen-bond acceptors (Lipinski definition) is 0. The lowest BCUT2D eigenvalue weighted by molar-refractivity contribution is -0.856. The van der Waals surface area contributed by atoms with Crippen molar-refractivity contribution in [2.45, 2.75) is 168 Å². The Morgan fingerprint density at radius 2 is 0.971 bits per heavy atom. The van der Waals surface area contributed by atoms with Crippen molar-refractivity contribution < 1.29 is 28.9 Å². The number of halogens is 1. The maximum absolute atomic E-state index is 2.45. The van der Waals surface area contributed by atoms with Crippen molar-refractivity contribution >= 4 is 5.69 Å². The minimum atomic E-state index is 0. The SMILES string of the molecule is CCCCCCCCCCCCCCCCCCCCCC[NH+]1c2ccccc2C(C)(C)C1C.[I-]. The first-order valence-corrected chi connectivity index (χ1v) is 15.5. The van der Waals surface area contributed by atoms with Gasteiger partial charge in [-0.2, -0.15) is 0 Å². The summed E-state index contributed by atoms with van der Waals surface area (Å²) in [5.74, 6) is 0. The maximum atomic E-state index is 2.45. The van der Waals surface area contributed by atoms with Crippen LogP contribution >= 0.6 is 0 Å². The third-order valence-electron chi connectivity index (χ3n) is 8.87. The summed E-state index contributed by atoms with van der Waals surface area (Å²) in [5.41, 5.74) is 3.45. The number of benzene rings is 1. The van der Waals surface area contributed by atoms with E-state index in [0.717, 1.165) is 0 Å². The van der Waals surface area contributed by atoms with Gasteiger partial charge in [-0.1, -0.05) is 141 Å². The Labute approximate surface area is 237 Å². The highest BCUT2D eigenvalue weighted by molar-refractivity contribution is 5.48. The van der Waals surface area contributed by atoms with Crippen LogP contribution in [0.4, 0.5) is 5.69 Å². The molecule has 1 N–H and O–H groups in total. The molecule has 35 heavy (non-hydrogen) atoms. The molecule has 0 bridgehead atoms. The molecule has 0 aliphatic carbocycles. The van der Waals surface area contributed by atoms with Crippen molar-refractivity contribution in [2.24, 2.45) is 0 Å². The molecule has 2 atom stereocenters.